The molecule has 0 saturated heterocycles. The predicted molar refractivity (Wildman–Crippen MR) is 149 cm³/mol. The van der Waals surface area contributed by atoms with Gasteiger partial charge in [0.15, 0.2) is 4.80 Å². The topological polar surface area (TPSA) is 59.4 Å². The molecule has 0 saturated carbocycles. The summed E-state index contributed by atoms with van der Waals surface area (Å²) in [5.41, 5.74) is 8.87. The number of ether oxygens (including phenoxy) is 1. The Bertz CT molecular complexity index is 1920. The van der Waals surface area contributed by atoms with E-state index in [0.717, 1.165) is 56.8 Å². The Morgan fingerprint density at radius 2 is 1.89 bits per heavy atom. The van der Waals surface area contributed by atoms with E-state index in [0.29, 0.717) is 4.53 Å². The second kappa shape index (κ2) is 8.46. The third-order valence-corrected chi connectivity index (χ3v) is 8.48. The van der Waals surface area contributed by atoms with Gasteiger partial charge in [-0.3, -0.25) is 9.36 Å². The van der Waals surface area contributed by atoms with Crippen LogP contribution in [0.4, 0.5) is 0 Å². The molecule has 37 heavy (non-hydrogen) atoms. The van der Waals surface area contributed by atoms with Crippen molar-refractivity contribution in [3.63, 3.8) is 0 Å². The van der Waals surface area contributed by atoms with E-state index in [9.17, 15) is 4.79 Å². The summed E-state index contributed by atoms with van der Waals surface area (Å²) in [6, 6.07) is 24.6. The summed E-state index contributed by atoms with van der Waals surface area (Å²) in [6.07, 6.45) is 3.82. The molecule has 2 aromatic heterocycles. The van der Waals surface area contributed by atoms with Crippen LogP contribution in [0.2, 0.25) is 0 Å². The lowest BCUT2D eigenvalue weighted by Gasteiger charge is -2.31. The van der Waals surface area contributed by atoms with E-state index in [1.807, 2.05) is 41.0 Å². The first-order valence-electron chi connectivity index (χ1n) is 12.5. The smallest absolute Gasteiger partial charge is 0.271 e. The van der Waals surface area contributed by atoms with Gasteiger partial charge < -0.3 is 9.72 Å². The molecule has 3 aromatic carbocycles. The summed E-state index contributed by atoms with van der Waals surface area (Å²) < 4.78 is 8.13. The average molecular weight is 504 g/mol. The van der Waals surface area contributed by atoms with E-state index in [2.05, 4.69) is 54.4 Å². The van der Waals surface area contributed by atoms with Gasteiger partial charge in [0.05, 0.1) is 23.4 Å². The normalized spacial score (nSPS) is 16.8. The highest BCUT2D eigenvalue weighted by atomic mass is 32.1. The van der Waals surface area contributed by atoms with Crippen LogP contribution < -0.4 is 19.6 Å². The number of hydrogen-bond acceptors (Lipinski definition) is 4. The lowest BCUT2D eigenvalue weighted by Crippen LogP contribution is -2.38. The van der Waals surface area contributed by atoms with Crippen LogP contribution in [-0.2, 0) is 6.42 Å². The minimum Gasteiger partial charge on any atom is -0.497 e. The summed E-state index contributed by atoms with van der Waals surface area (Å²) >= 11 is 1.47. The van der Waals surface area contributed by atoms with E-state index < -0.39 is 0 Å². The van der Waals surface area contributed by atoms with Gasteiger partial charge in [-0.25, -0.2) is 4.99 Å². The molecule has 1 N–H and O–H groups in total. The fraction of sp³-hybridized carbons (Fsp3) is 0.161. The predicted octanol–water partition coefficient (Wildman–Crippen LogP) is 5.12. The number of methoxy groups -OCH3 is 1. The van der Waals surface area contributed by atoms with Gasteiger partial charge >= 0.3 is 0 Å². The summed E-state index contributed by atoms with van der Waals surface area (Å²) in [4.78, 5) is 23.4. The maximum Gasteiger partial charge on any atom is 0.271 e. The molecule has 1 aliphatic heterocycles. The molecule has 5 nitrogen and oxygen atoms in total. The third kappa shape index (κ3) is 3.44. The summed E-state index contributed by atoms with van der Waals surface area (Å²) in [5, 5.41) is 1.11. The number of aromatic nitrogens is 2. The molecule has 1 aliphatic carbocycles. The first-order valence-corrected chi connectivity index (χ1v) is 13.3. The van der Waals surface area contributed by atoms with E-state index in [-0.39, 0.29) is 11.6 Å². The number of rotatable bonds is 3. The van der Waals surface area contributed by atoms with Crippen LogP contribution in [0, 0.1) is 6.92 Å². The molecule has 0 amide bonds. The number of aromatic amines is 1. The van der Waals surface area contributed by atoms with E-state index in [1.165, 1.54) is 28.0 Å². The van der Waals surface area contributed by atoms with Crippen LogP contribution in [0.25, 0.3) is 22.7 Å². The molecule has 0 fully saturated rings. The quantitative estimate of drug-likeness (QED) is 0.372. The lowest BCUT2D eigenvalue weighted by atomic mass is 9.83. The van der Waals surface area contributed by atoms with Crippen LogP contribution in [0.15, 0.2) is 88.2 Å². The zero-order valence-corrected chi connectivity index (χ0v) is 21.4. The summed E-state index contributed by atoms with van der Waals surface area (Å²) in [5.74, 6) is 0.782. The van der Waals surface area contributed by atoms with Gasteiger partial charge in [0, 0.05) is 27.7 Å². The van der Waals surface area contributed by atoms with Crippen molar-refractivity contribution in [3.8, 4) is 5.75 Å². The van der Waals surface area contributed by atoms with Crippen molar-refractivity contribution < 1.29 is 4.74 Å². The van der Waals surface area contributed by atoms with E-state index in [4.69, 9.17) is 9.73 Å². The maximum atomic E-state index is 14.1. The van der Waals surface area contributed by atoms with E-state index >= 15 is 0 Å². The van der Waals surface area contributed by atoms with Crippen LogP contribution in [-0.4, -0.2) is 16.7 Å². The molecule has 0 bridgehead atoms. The molecular formula is C31H25N3O2S. The Hall–Kier alpha value is -4.16. The Balaban J connectivity index is 1.51. The number of fused-ring (bicyclic) bond motifs is 4. The van der Waals surface area contributed by atoms with Crippen molar-refractivity contribution in [2.75, 3.05) is 7.11 Å². The molecule has 5 aromatic rings. The molecule has 0 spiro atoms. The lowest BCUT2D eigenvalue weighted by molar-refractivity contribution is 0.413. The van der Waals surface area contributed by atoms with Gasteiger partial charge in [0.25, 0.3) is 5.56 Å². The molecule has 0 radical (unpaired) electrons. The largest absolute Gasteiger partial charge is 0.497 e. The van der Waals surface area contributed by atoms with Gasteiger partial charge in [-0.15, -0.1) is 0 Å². The first kappa shape index (κ1) is 22.1. The van der Waals surface area contributed by atoms with Crippen LogP contribution in [0.1, 0.15) is 40.4 Å². The number of allylic oxidation sites excluding steroid dienone is 1. The van der Waals surface area contributed by atoms with Gasteiger partial charge in [0.2, 0.25) is 0 Å². The number of para-hydroxylation sites is 1. The van der Waals surface area contributed by atoms with Crippen molar-refractivity contribution >= 4 is 34.0 Å². The number of thiazole rings is 1. The van der Waals surface area contributed by atoms with Crippen molar-refractivity contribution in [1.29, 1.82) is 0 Å². The molecule has 1 atom stereocenters. The highest BCUT2D eigenvalue weighted by molar-refractivity contribution is 7.07. The van der Waals surface area contributed by atoms with Crippen LogP contribution in [0.5, 0.6) is 5.75 Å². The average Bonchev–Trinajstić information content (AvgIpc) is 3.42. The minimum atomic E-state index is -0.221. The zero-order valence-electron chi connectivity index (χ0n) is 20.6. The molecule has 2 aliphatic rings. The highest BCUT2D eigenvalue weighted by Crippen LogP contribution is 2.41. The fourth-order valence-corrected chi connectivity index (χ4v) is 6.73. The van der Waals surface area contributed by atoms with Crippen molar-refractivity contribution in [2.24, 2.45) is 4.99 Å². The molecular weight excluding hydrogens is 478 g/mol. The number of hydrogen-bond donors (Lipinski definition) is 1. The summed E-state index contributed by atoms with van der Waals surface area (Å²) in [6.45, 7) is 2.05. The van der Waals surface area contributed by atoms with Gasteiger partial charge in [-0.1, -0.05) is 65.9 Å². The van der Waals surface area contributed by atoms with Gasteiger partial charge in [-0.2, -0.15) is 0 Å². The molecule has 7 rings (SSSR count). The minimum absolute atomic E-state index is 0.00772. The number of benzene rings is 3. The Labute approximate surface area is 217 Å². The van der Waals surface area contributed by atoms with E-state index in [1.54, 1.807) is 7.11 Å². The van der Waals surface area contributed by atoms with Gasteiger partial charge in [-0.05, 0) is 60.7 Å². The molecule has 3 heterocycles. The molecule has 0 unspecified atom stereocenters. The Kier molecular flexibility index (Phi) is 5.04. The standard InChI is InChI=1S/C31H25N3O2S/c1-18-25(23-12-5-6-13-26(23)32-18)17-27-30(35)34-29(20-9-7-10-21(16-20)36-2)24-15-14-19-8-3-4-11-22(19)28(24)33-31(34)37-27/h3-13,16-17,29,32H,14-15H2,1-2H3/b27-17+/t29-/m0/s1. The zero-order chi connectivity index (χ0) is 25.1. The first-order chi connectivity index (χ1) is 18.1. The van der Waals surface area contributed by atoms with Crippen molar-refractivity contribution in [2.45, 2.75) is 25.8 Å². The molecule has 182 valence electrons. The SMILES string of the molecule is COc1cccc([C@H]2C3=C(N=c4s/c(=C/c5c(C)[nH]c6ccccc56)c(=O)n42)c2ccccc2CC3)c1. The van der Waals surface area contributed by atoms with Crippen molar-refractivity contribution in [3.05, 3.63) is 126 Å². The Morgan fingerprint density at radius 3 is 2.78 bits per heavy atom. The third-order valence-electron chi connectivity index (χ3n) is 7.50. The Morgan fingerprint density at radius 1 is 1.05 bits per heavy atom. The number of H-pyrrole nitrogens is 1. The summed E-state index contributed by atoms with van der Waals surface area (Å²) in [7, 11) is 1.68. The second-order valence-electron chi connectivity index (χ2n) is 9.60. The number of nitrogens with zero attached hydrogens (tertiary/aromatic N) is 2. The monoisotopic (exact) mass is 503 g/mol. The maximum absolute atomic E-state index is 14.1. The van der Waals surface area contributed by atoms with Gasteiger partial charge in [0.1, 0.15) is 5.75 Å². The van der Waals surface area contributed by atoms with Crippen LogP contribution >= 0.6 is 11.3 Å². The second-order valence-corrected chi connectivity index (χ2v) is 10.6. The number of aryl methyl sites for hydroxylation is 2. The van der Waals surface area contributed by atoms with Crippen molar-refractivity contribution in [1.82, 2.24) is 9.55 Å². The highest BCUT2D eigenvalue weighted by Gasteiger charge is 2.32. The molecule has 6 heteroatoms. The fourth-order valence-electron chi connectivity index (χ4n) is 5.75. The number of nitrogens with one attached hydrogen (secondary N) is 1. The van der Waals surface area contributed by atoms with Crippen LogP contribution in [0.3, 0.4) is 0 Å².